The van der Waals surface area contributed by atoms with Crippen molar-refractivity contribution in [3.8, 4) is 0 Å². The van der Waals surface area contributed by atoms with Crippen LogP contribution in [0.15, 0.2) is 0 Å². The van der Waals surface area contributed by atoms with E-state index in [0.29, 0.717) is 11.7 Å². The highest BCUT2D eigenvalue weighted by Gasteiger charge is 2.16. The van der Waals surface area contributed by atoms with Gasteiger partial charge in [-0.3, -0.25) is 5.10 Å². The number of nitrogens with two attached hydrogens (primary N) is 2. The molecule has 5 heteroatoms. The van der Waals surface area contributed by atoms with Crippen LogP contribution in [0.2, 0.25) is 0 Å². The standard InChI is InChI=1S/C7H15N5/c1-3-4(2)5(8)6-10-7(9)12-11-6/h4-5H,3,8H2,1-2H3,(H3,9,10,11,12)/t4?,5-/m0/s1. The molecule has 5 nitrogen and oxygen atoms in total. The summed E-state index contributed by atoms with van der Waals surface area (Å²) in [5.74, 6) is 1.31. The highest BCUT2D eigenvalue weighted by molar-refractivity contribution is 5.14. The van der Waals surface area contributed by atoms with Crippen molar-refractivity contribution in [2.45, 2.75) is 26.3 Å². The third-order valence-corrected chi connectivity index (χ3v) is 2.09. The molecule has 0 fully saturated rings. The average molecular weight is 169 g/mol. The summed E-state index contributed by atoms with van der Waals surface area (Å²) in [4.78, 5) is 3.97. The largest absolute Gasteiger partial charge is 0.367 e. The van der Waals surface area contributed by atoms with Crippen LogP contribution in [0.3, 0.4) is 0 Å². The molecule has 0 bridgehead atoms. The van der Waals surface area contributed by atoms with Crippen LogP contribution in [0.1, 0.15) is 32.1 Å². The Kier molecular flexibility index (Phi) is 2.65. The molecule has 0 amide bonds. The van der Waals surface area contributed by atoms with E-state index in [9.17, 15) is 0 Å². The van der Waals surface area contributed by atoms with Crippen molar-refractivity contribution >= 4 is 5.95 Å². The van der Waals surface area contributed by atoms with E-state index in [1.54, 1.807) is 0 Å². The molecule has 1 unspecified atom stereocenters. The van der Waals surface area contributed by atoms with Gasteiger partial charge in [0.2, 0.25) is 5.95 Å². The van der Waals surface area contributed by atoms with Crippen molar-refractivity contribution in [1.82, 2.24) is 15.2 Å². The Morgan fingerprint density at radius 3 is 2.67 bits per heavy atom. The molecule has 68 valence electrons. The lowest BCUT2D eigenvalue weighted by atomic mass is 10.00. The maximum absolute atomic E-state index is 5.87. The molecule has 1 heterocycles. The fraction of sp³-hybridized carbons (Fsp3) is 0.714. The van der Waals surface area contributed by atoms with Crippen LogP contribution in [-0.2, 0) is 0 Å². The van der Waals surface area contributed by atoms with Crippen LogP contribution in [0.25, 0.3) is 0 Å². The fourth-order valence-electron chi connectivity index (χ4n) is 0.960. The molecule has 0 spiro atoms. The lowest BCUT2D eigenvalue weighted by Gasteiger charge is -2.14. The third-order valence-electron chi connectivity index (χ3n) is 2.09. The SMILES string of the molecule is CCC(C)[C@H](N)c1nc(N)n[nH]1. The van der Waals surface area contributed by atoms with Crippen molar-refractivity contribution < 1.29 is 0 Å². The third kappa shape index (κ3) is 1.73. The maximum Gasteiger partial charge on any atom is 0.239 e. The monoisotopic (exact) mass is 169 g/mol. The van der Waals surface area contributed by atoms with Gasteiger partial charge < -0.3 is 11.5 Å². The summed E-state index contributed by atoms with van der Waals surface area (Å²) in [6.07, 6.45) is 1.02. The van der Waals surface area contributed by atoms with Gasteiger partial charge in [0.15, 0.2) is 0 Å². The molecule has 0 aliphatic rings. The first-order valence-corrected chi connectivity index (χ1v) is 4.08. The van der Waals surface area contributed by atoms with Gasteiger partial charge in [-0.2, -0.15) is 4.98 Å². The number of hydrogen-bond donors (Lipinski definition) is 3. The van der Waals surface area contributed by atoms with Gasteiger partial charge in [-0.25, -0.2) is 0 Å². The summed E-state index contributed by atoms with van der Waals surface area (Å²) in [6, 6.07) is -0.0974. The number of nitrogen functional groups attached to an aromatic ring is 1. The number of aromatic amines is 1. The van der Waals surface area contributed by atoms with Gasteiger partial charge in [0, 0.05) is 0 Å². The molecular weight excluding hydrogens is 154 g/mol. The number of nitrogens with zero attached hydrogens (tertiary/aromatic N) is 2. The molecule has 12 heavy (non-hydrogen) atoms. The predicted octanol–water partition coefficient (Wildman–Crippen LogP) is 0.433. The van der Waals surface area contributed by atoms with Gasteiger partial charge in [0.25, 0.3) is 0 Å². The summed E-state index contributed by atoms with van der Waals surface area (Å²) in [7, 11) is 0. The maximum atomic E-state index is 5.87. The minimum Gasteiger partial charge on any atom is -0.367 e. The zero-order valence-electron chi connectivity index (χ0n) is 7.41. The first-order valence-electron chi connectivity index (χ1n) is 4.08. The molecule has 0 saturated carbocycles. The number of H-pyrrole nitrogens is 1. The number of anilines is 1. The number of nitrogens with one attached hydrogen (secondary N) is 1. The predicted molar refractivity (Wildman–Crippen MR) is 47.2 cm³/mol. The second-order valence-corrected chi connectivity index (χ2v) is 2.99. The average Bonchev–Trinajstić information content (AvgIpc) is 2.49. The topological polar surface area (TPSA) is 93.6 Å². The van der Waals surface area contributed by atoms with Gasteiger partial charge in [-0.05, 0) is 5.92 Å². The van der Waals surface area contributed by atoms with Crippen molar-refractivity contribution in [1.29, 1.82) is 0 Å². The highest BCUT2D eigenvalue weighted by atomic mass is 15.3. The number of hydrogen-bond acceptors (Lipinski definition) is 4. The normalized spacial score (nSPS) is 15.9. The van der Waals surface area contributed by atoms with E-state index in [4.69, 9.17) is 11.5 Å². The van der Waals surface area contributed by atoms with Gasteiger partial charge in [-0.15, -0.1) is 5.10 Å². The molecule has 0 aliphatic heterocycles. The first-order chi connectivity index (χ1) is 5.65. The van der Waals surface area contributed by atoms with Crippen molar-refractivity contribution in [2.24, 2.45) is 11.7 Å². The van der Waals surface area contributed by atoms with Crippen molar-refractivity contribution in [3.63, 3.8) is 0 Å². The van der Waals surface area contributed by atoms with Crippen LogP contribution in [0, 0.1) is 5.92 Å². The van der Waals surface area contributed by atoms with Crippen LogP contribution >= 0.6 is 0 Å². The van der Waals surface area contributed by atoms with E-state index in [0.717, 1.165) is 6.42 Å². The van der Waals surface area contributed by atoms with E-state index in [-0.39, 0.29) is 12.0 Å². The smallest absolute Gasteiger partial charge is 0.239 e. The van der Waals surface area contributed by atoms with Crippen LogP contribution < -0.4 is 11.5 Å². The molecular formula is C7H15N5. The Morgan fingerprint density at radius 2 is 2.25 bits per heavy atom. The van der Waals surface area contributed by atoms with Crippen molar-refractivity contribution in [2.75, 3.05) is 5.73 Å². The molecule has 0 aromatic carbocycles. The summed E-state index contributed by atoms with van der Waals surface area (Å²) in [5.41, 5.74) is 11.2. The molecule has 2 atom stereocenters. The van der Waals surface area contributed by atoms with Crippen molar-refractivity contribution in [3.05, 3.63) is 5.82 Å². The minimum absolute atomic E-state index is 0.0974. The molecule has 1 aromatic heterocycles. The summed E-state index contributed by atoms with van der Waals surface area (Å²) < 4.78 is 0. The van der Waals surface area contributed by atoms with Gasteiger partial charge >= 0.3 is 0 Å². The second kappa shape index (κ2) is 3.53. The van der Waals surface area contributed by atoms with E-state index in [1.807, 2.05) is 0 Å². The van der Waals surface area contributed by atoms with E-state index in [1.165, 1.54) is 0 Å². The summed E-state index contributed by atoms with van der Waals surface area (Å²) >= 11 is 0. The zero-order valence-corrected chi connectivity index (χ0v) is 7.41. The minimum atomic E-state index is -0.0974. The quantitative estimate of drug-likeness (QED) is 0.611. The zero-order chi connectivity index (χ0) is 9.14. The molecule has 1 aromatic rings. The Hall–Kier alpha value is -1.10. The fourth-order valence-corrected chi connectivity index (χ4v) is 0.960. The van der Waals surface area contributed by atoms with E-state index in [2.05, 4.69) is 29.0 Å². The molecule has 0 radical (unpaired) electrons. The second-order valence-electron chi connectivity index (χ2n) is 2.99. The lowest BCUT2D eigenvalue weighted by Crippen LogP contribution is -2.19. The molecule has 0 aliphatic carbocycles. The Balaban J connectivity index is 2.70. The molecule has 0 saturated heterocycles. The highest BCUT2D eigenvalue weighted by Crippen LogP contribution is 2.18. The molecule has 1 rings (SSSR count). The van der Waals surface area contributed by atoms with E-state index >= 15 is 0 Å². The number of aromatic nitrogens is 3. The Morgan fingerprint density at radius 1 is 1.58 bits per heavy atom. The number of rotatable bonds is 3. The summed E-state index contributed by atoms with van der Waals surface area (Å²) in [6.45, 7) is 4.16. The Bertz CT molecular complexity index is 244. The van der Waals surface area contributed by atoms with Gasteiger partial charge in [-0.1, -0.05) is 20.3 Å². The van der Waals surface area contributed by atoms with Gasteiger partial charge in [0.05, 0.1) is 6.04 Å². The van der Waals surface area contributed by atoms with E-state index < -0.39 is 0 Å². The first kappa shape index (κ1) is 8.99. The lowest BCUT2D eigenvalue weighted by molar-refractivity contribution is 0.440. The summed E-state index contributed by atoms with van der Waals surface area (Å²) in [5, 5.41) is 6.43. The van der Waals surface area contributed by atoms with Crippen LogP contribution in [0.5, 0.6) is 0 Å². The molecule has 5 N–H and O–H groups in total. The van der Waals surface area contributed by atoms with Crippen LogP contribution in [0.4, 0.5) is 5.95 Å². The van der Waals surface area contributed by atoms with Gasteiger partial charge in [0.1, 0.15) is 5.82 Å². The Labute approximate surface area is 71.6 Å². The van der Waals surface area contributed by atoms with Crippen LogP contribution in [-0.4, -0.2) is 15.2 Å².